The molecule has 2 N–H and O–H groups in total. The van der Waals surface area contributed by atoms with E-state index in [9.17, 15) is 18.0 Å². The van der Waals surface area contributed by atoms with Gasteiger partial charge in [0.25, 0.3) is 5.91 Å². The first-order valence-corrected chi connectivity index (χ1v) is 11.1. The molecule has 0 bridgehead atoms. The topological polar surface area (TPSA) is 95.6 Å². The quantitative estimate of drug-likeness (QED) is 0.740. The highest BCUT2D eigenvalue weighted by molar-refractivity contribution is 7.89. The van der Waals surface area contributed by atoms with E-state index in [1.807, 2.05) is 13.8 Å². The van der Waals surface area contributed by atoms with Crippen molar-refractivity contribution < 1.29 is 18.0 Å². The summed E-state index contributed by atoms with van der Waals surface area (Å²) in [6.07, 6.45) is 2.08. The predicted molar refractivity (Wildman–Crippen MR) is 106 cm³/mol. The van der Waals surface area contributed by atoms with Crippen molar-refractivity contribution in [1.82, 2.24) is 9.62 Å². The molecule has 27 heavy (non-hydrogen) atoms. The number of benzene rings is 1. The summed E-state index contributed by atoms with van der Waals surface area (Å²) in [4.78, 5) is 25.2. The predicted octanol–water partition coefficient (Wildman–Crippen LogP) is 2.22. The van der Waals surface area contributed by atoms with Crippen LogP contribution in [0.25, 0.3) is 0 Å². The summed E-state index contributed by atoms with van der Waals surface area (Å²) < 4.78 is 25.6. The monoisotopic (exact) mass is 395 g/mol. The van der Waals surface area contributed by atoms with Crippen molar-refractivity contribution in [1.29, 1.82) is 0 Å². The van der Waals surface area contributed by atoms with Crippen LogP contribution >= 0.6 is 0 Å². The number of piperidine rings is 1. The normalized spacial score (nSPS) is 19.3. The van der Waals surface area contributed by atoms with Crippen LogP contribution in [0.5, 0.6) is 0 Å². The van der Waals surface area contributed by atoms with E-state index in [0.717, 1.165) is 6.42 Å². The second kappa shape index (κ2) is 9.32. The van der Waals surface area contributed by atoms with Crippen LogP contribution in [-0.2, 0) is 14.8 Å². The van der Waals surface area contributed by atoms with Gasteiger partial charge in [0, 0.05) is 19.1 Å². The van der Waals surface area contributed by atoms with Crippen molar-refractivity contribution in [3.05, 3.63) is 29.8 Å². The molecule has 8 heteroatoms. The van der Waals surface area contributed by atoms with Gasteiger partial charge in [0.2, 0.25) is 15.9 Å². The first-order valence-electron chi connectivity index (χ1n) is 9.47. The molecule has 0 saturated carbocycles. The molecule has 2 atom stereocenters. The highest BCUT2D eigenvalue weighted by atomic mass is 32.2. The van der Waals surface area contributed by atoms with Crippen LogP contribution in [-0.4, -0.2) is 49.4 Å². The maximum absolute atomic E-state index is 12.7. The summed E-state index contributed by atoms with van der Waals surface area (Å²) in [6, 6.07) is 6.89. The summed E-state index contributed by atoms with van der Waals surface area (Å²) >= 11 is 0. The van der Waals surface area contributed by atoms with Gasteiger partial charge in [-0.2, -0.15) is 0 Å². The van der Waals surface area contributed by atoms with E-state index < -0.39 is 15.9 Å². The number of carbonyl (C=O) groups excluding carboxylic acids is 2. The number of rotatable bonds is 7. The third-order valence-electron chi connectivity index (χ3n) is 4.93. The molecule has 1 heterocycles. The maximum Gasteiger partial charge on any atom is 0.253 e. The van der Waals surface area contributed by atoms with Crippen LogP contribution in [0.15, 0.2) is 24.3 Å². The molecule has 0 spiro atoms. The molecule has 7 nitrogen and oxygen atoms in total. The van der Waals surface area contributed by atoms with Gasteiger partial charge >= 0.3 is 0 Å². The second-order valence-electron chi connectivity index (χ2n) is 6.92. The van der Waals surface area contributed by atoms with Crippen LogP contribution in [0, 0.1) is 5.92 Å². The standard InChI is InChI=1S/C19H29N3O4S/c1-4-14(3)20-19(24)16-10-6-7-11-17(16)21-18(23)15-9-8-12-22(13-15)27(25,26)5-2/h6-7,10-11,14-15H,4-5,8-9,12-13H2,1-3H3,(H,20,24)(H,21,23)/t14-,15+/m0/s1. The third-order valence-corrected chi connectivity index (χ3v) is 6.78. The highest BCUT2D eigenvalue weighted by Gasteiger charge is 2.31. The maximum atomic E-state index is 12.7. The molecule has 2 amide bonds. The summed E-state index contributed by atoms with van der Waals surface area (Å²) in [5.41, 5.74) is 0.846. The minimum atomic E-state index is -3.31. The third kappa shape index (κ3) is 5.52. The number of hydrogen-bond donors (Lipinski definition) is 2. The van der Waals surface area contributed by atoms with Gasteiger partial charge in [0.05, 0.1) is 22.9 Å². The Labute approximate surface area is 161 Å². The van der Waals surface area contributed by atoms with Crippen LogP contribution in [0.4, 0.5) is 5.69 Å². The van der Waals surface area contributed by atoms with Crippen molar-refractivity contribution in [3.63, 3.8) is 0 Å². The van der Waals surface area contributed by atoms with Gasteiger partial charge in [-0.05, 0) is 45.2 Å². The van der Waals surface area contributed by atoms with Crippen LogP contribution < -0.4 is 10.6 Å². The minimum absolute atomic E-state index is 0.0277. The zero-order chi connectivity index (χ0) is 20.0. The molecule has 1 fully saturated rings. The summed E-state index contributed by atoms with van der Waals surface area (Å²) in [6.45, 7) is 6.14. The molecule has 1 aliphatic rings. The SMILES string of the molecule is CC[C@H](C)NC(=O)c1ccccc1NC(=O)[C@@H]1CCCN(S(=O)(=O)CC)C1. The number of sulfonamides is 1. The Morgan fingerprint density at radius 2 is 1.96 bits per heavy atom. The van der Waals surface area contributed by atoms with Gasteiger partial charge in [-0.15, -0.1) is 0 Å². The molecule has 0 unspecified atom stereocenters. The van der Waals surface area contributed by atoms with Crippen molar-refractivity contribution in [2.24, 2.45) is 5.92 Å². The number of hydrogen-bond acceptors (Lipinski definition) is 4. The van der Waals surface area contributed by atoms with Crippen molar-refractivity contribution in [3.8, 4) is 0 Å². The number of carbonyl (C=O) groups is 2. The highest BCUT2D eigenvalue weighted by Crippen LogP contribution is 2.22. The minimum Gasteiger partial charge on any atom is -0.350 e. The van der Waals surface area contributed by atoms with Crippen molar-refractivity contribution in [2.75, 3.05) is 24.2 Å². The Morgan fingerprint density at radius 3 is 2.63 bits per heavy atom. The lowest BCUT2D eigenvalue weighted by Gasteiger charge is -2.31. The summed E-state index contributed by atoms with van der Waals surface area (Å²) in [5, 5.41) is 5.72. The Balaban J connectivity index is 2.11. The van der Waals surface area contributed by atoms with Gasteiger partial charge in [-0.1, -0.05) is 19.1 Å². The number of para-hydroxylation sites is 1. The number of amides is 2. The van der Waals surface area contributed by atoms with Crippen LogP contribution in [0.1, 0.15) is 50.4 Å². The summed E-state index contributed by atoms with van der Waals surface area (Å²) in [5.74, 6) is -0.889. The van der Waals surface area contributed by atoms with E-state index in [-0.39, 0.29) is 30.2 Å². The Morgan fingerprint density at radius 1 is 1.26 bits per heavy atom. The zero-order valence-electron chi connectivity index (χ0n) is 16.2. The number of nitrogens with zero attached hydrogens (tertiary/aromatic N) is 1. The Hall–Kier alpha value is -1.93. The molecule has 2 rings (SSSR count). The molecule has 1 aromatic carbocycles. The second-order valence-corrected chi connectivity index (χ2v) is 9.17. The van der Waals surface area contributed by atoms with Crippen LogP contribution in [0.2, 0.25) is 0 Å². The van der Waals surface area contributed by atoms with E-state index in [1.54, 1.807) is 31.2 Å². The fraction of sp³-hybridized carbons (Fsp3) is 0.579. The molecular formula is C19H29N3O4S. The Bertz CT molecular complexity index is 779. The summed E-state index contributed by atoms with van der Waals surface area (Å²) in [7, 11) is -3.31. The smallest absolute Gasteiger partial charge is 0.253 e. The average molecular weight is 396 g/mol. The molecule has 1 saturated heterocycles. The average Bonchev–Trinajstić information content (AvgIpc) is 2.68. The molecule has 0 aromatic heterocycles. The first-order chi connectivity index (χ1) is 12.8. The van der Waals surface area contributed by atoms with Gasteiger partial charge in [0.15, 0.2) is 0 Å². The molecular weight excluding hydrogens is 366 g/mol. The molecule has 1 aliphatic heterocycles. The van der Waals surface area contributed by atoms with E-state index >= 15 is 0 Å². The molecule has 0 radical (unpaired) electrons. The lowest BCUT2D eigenvalue weighted by Crippen LogP contribution is -2.44. The molecule has 0 aliphatic carbocycles. The Kier molecular flexibility index (Phi) is 7.38. The zero-order valence-corrected chi connectivity index (χ0v) is 17.0. The van der Waals surface area contributed by atoms with E-state index in [0.29, 0.717) is 30.6 Å². The fourth-order valence-electron chi connectivity index (χ4n) is 3.02. The first kappa shape index (κ1) is 21.4. The fourth-order valence-corrected chi connectivity index (χ4v) is 4.20. The van der Waals surface area contributed by atoms with E-state index in [2.05, 4.69) is 10.6 Å². The van der Waals surface area contributed by atoms with Gasteiger partial charge in [0.1, 0.15) is 0 Å². The lowest BCUT2D eigenvalue weighted by atomic mass is 9.98. The van der Waals surface area contributed by atoms with Crippen molar-refractivity contribution >= 4 is 27.5 Å². The lowest BCUT2D eigenvalue weighted by molar-refractivity contribution is -0.120. The molecule has 1 aromatic rings. The number of nitrogens with one attached hydrogen (secondary N) is 2. The van der Waals surface area contributed by atoms with Crippen LogP contribution in [0.3, 0.4) is 0 Å². The number of anilines is 1. The van der Waals surface area contributed by atoms with Gasteiger partial charge < -0.3 is 10.6 Å². The molecule has 150 valence electrons. The van der Waals surface area contributed by atoms with Gasteiger partial charge in [-0.25, -0.2) is 12.7 Å². The van der Waals surface area contributed by atoms with E-state index in [1.165, 1.54) is 4.31 Å². The van der Waals surface area contributed by atoms with E-state index in [4.69, 9.17) is 0 Å². The largest absolute Gasteiger partial charge is 0.350 e. The van der Waals surface area contributed by atoms with Gasteiger partial charge in [-0.3, -0.25) is 9.59 Å². The van der Waals surface area contributed by atoms with Crippen molar-refractivity contribution in [2.45, 2.75) is 46.1 Å².